The van der Waals surface area contributed by atoms with Crippen LogP contribution in [0.1, 0.15) is 11.3 Å². The van der Waals surface area contributed by atoms with Crippen LogP contribution in [0.25, 0.3) is 5.69 Å². The normalized spacial score (nSPS) is 10.7. The van der Waals surface area contributed by atoms with E-state index in [0.717, 1.165) is 33.7 Å². The van der Waals surface area contributed by atoms with Crippen LogP contribution in [0.3, 0.4) is 0 Å². The molecule has 0 fully saturated rings. The first-order chi connectivity index (χ1) is 7.70. The minimum absolute atomic E-state index is 0.745. The highest BCUT2D eigenvalue weighted by Crippen LogP contribution is 2.18. The zero-order chi connectivity index (χ0) is 11.5. The molecule has 0 aliphatic heterocycles. The van der Waals surface area contributed by atoms with E-state index in [1.165, 1.54) is 0 Å². The van der Waals surface area contributed by atoms with Crippen LogP contribution >= 0.6 is 27.5 Å². The number of hydrogen-bond donors (Lipinski definition) is 0. The molecule has 1 aromatic heterocycles. The molecule has 1 heterocycles. The maximum atomic E-state index is 6.06. The zero-order valence-electron chi connectivity index (χ0n) is 8.82. The van der Waals surface area contributed by atoms with Crippen molar-refractivity contribution in [2.45, 2.75) is 13.3 Å². The fourth-order valence-corrected chi connectivity index (χ4v) is 1.94. The van der Waals surface area contributed by atoms with Crippen LogP contribution in [-0.4, -0.2) is 20.3 Å². The average molecular weight is 301 g/mol. The van der Waals surface area contributed by atoms with Gasteiger partial charge in [0.1, 0.15) is 0 Å². The second-order valence-corrected chi connectivity index (χ2v) is 4.73. The van der Waals surface area contributed by atoms with Gasteiger partial charge >= 0.3 is 0 Å². The van der Waals surface area contributed by atoms with Crippen LogP contribution < -0.4 is 0 Å². The average Bonchev–Trinajstić information content (AvgIpc) is 2.71. The van der Waals surface area contributed by atoms with Crippen molar-refractivity contribution in [3.05, 3.63) is 40.7 Å². The van der Waals surface area contributed by atoms with Crippen LogP contribution in [0.5, 0.6) is 0 Å². The van der Waals surface area contributed by atoms with Gasteiger partial charge in [-0.05, 0) is 24.6 Å². The van der Waals surface area contributed by atoms with E-state index < -0.39 is 0 Å². The molecule has 2 aromatic rings. The Labute approximate surface area is 108 Å². The first kappa shape index (κ1) is 11.6. The lowest BCUT2D eigenvalue weighted by Gasteiger charge is -2.02. The molecule has 0 saturated heterocycles. The Balaban J connectivity index is 2.31. The summed E-state index contributed by atoms with van der Waals surface area (Å²) in [5, 5.41) is 9.77. The number of nitrogens with zero attached hydrogens (tertiary/aromatic N) is 3. The van der Waals surface area contributed by atoms with Crippen molar-refractivity contribution < 1.29 is 0 Å². The second kappa shape index (κ2) is 4.97. The Bertz CT molecular complexity index is 496. The molecule has 3 nitrogen and oxygen atoms in total. The monoisotopic (exact) mass is 299 g/mol. The Morgan fingerprint density at radius 2 is 2.25 bits per heavy atom. The number of halogens is 2. The fourth-order valence-electron chi connectivity index (χ4n) is 1.36. The molecule has 16 heavy (non-hydrogen) atoms. The first-order valence-electron chi connectivity index (χ1n) is 4.94. The molecule has 0 N–H and O–H groups in total. The highest BCUT2D eigenvalue weighted by Gasteiger charge is 2.03. The number of hydrogen-bond acceptors (Lipinski definition) is 2. The molecule has 0 aliphatic rings. The molecule has 0 saturated carbocycles. The van der Waals surface area contributed by atoms with Crippen molar-refractivity contribution in [2.75, 3.05) is 5.33 Å². The van der Waals surface area contributed by atoms with Crippen molar-refractivity contribution in [3.8, 4) is 5.69 Å². The van der Waals surface area contributed by atoms with Gasteiger partial charge in [0.05, 0.1) is 17.6 Å². The molecule has 0 amide bonds. The van der Waals surface area contributed by atoms with Gasteiger partial charge in [0.2, 0.25) is 0 Å². The highest BCUT2D eigenvalue weighted by molar-refractivity contribution is 9.09. The Morgan fingerprint density at radius 1 is 1.44 bits per heavy atom. The van der Waals surface area contributed by atoms with Crippen LogP contribution in [0.15, 0.2) is 24.4 Å². The maximum absolute atomic E-state index is 6.06. The summed E-state index contributed by atoms with van der Waals surface area (Å²) in [6.07, 6.45) is 2.79. The topological polar surface area (TPSA) is 30.7 Å². The van der Waals surface area contributed by atoms with Crippen molar-refractivity contribution in [1.82, 2.24) is 15.0 Å². The summed E-state index contributed by atoms with van der Waals surface area (Å²) in [6.45, 7) is 1.98. The summed E-state index contributed by atoms with van der Waals surface area (Å²) in [4.78, 5) is 0. The van der Waals surface area contributed by atoms with E-state index in [-0.39, 0.29) is 0 Å². The third-order valence-corrected chi connectivity index (χ3v) is 3.12. The van der Waals surface area contributed by atoms with E-state index in [2.05, 4.69) is 26.2 Å². The maximum Gasteiger partial charge on any atom is 0.0840 e. The highest BCUT2D eigenvalue weighted by atomic mass is 79.9. The molecule has 2 rings (SSSR count). The molecule has 84 valence electrons. The lowest BCUT2D eigenvalue weighted by molar-refractivity contribution is 0.798. The first-order valence-corrected chi connectivity index (χ1v) is 6.44. The van der Waals surface area contributed by atoms with Crippen molar-refractivity contribution in [3.63, 3.8) is 0 Å². The van der Waals surface area contributed by atoms with Gasteiger partial charge in [0, 0.05) is 16.8 Å². The molecule has 0 bridgehead atoms. The van der Waals surface area contributed by atoms with Gasteiger partial charge in [-0.15, -0.1) is 5.10 Å². The number of aryl methyl sites for hydroxylation is 2. The summed E-state index contributed by atoms with van der Waals surface area (Å²) < 4.78 is 1.74. The number of rotatable bonds is 3. The third kappa shape index (κ3) is 2.44. The van der Waals surface area contributed by atoms with E-state index in [0.29, 0.717) is 0 Å². The molecule has 0 atom stereocenters. The third-order valence-electron chi connectivity index (χ3n) is 2.31. The van der Waals surface area contributed by atoms with Crippen LogP contribution in [0.2, 0.25) is 5.02 Å². The molecule has 0 radical (unpaired) electrons. The quantitative estimate of drug-likeness (QED) is 0.815. The van der Waals surface area contributed by atoms with Crippen LogP contribution in [0.4, 0.5) is 0 Å². The van der Waals surface area contributed by atoms with Gasteiger partial charge < -0.3 is 0 Å². The summed E-state index contributed by atoms with van der Waals surface area (Å²) in [5.41, 5.74) is 2.96. The molecular weight excluding hydrogens is 289 g/mol. The summed E-state index contributed by atoms with van der Waals surface area (Å²) in [5.74, 6) is 0. The van der Waals surface area contributed by atoms with E-state index in [4.69, 9.17) is 11.6 Å². The smallest absolute Gasteiger partial charge is 0.0840 e. The molecule has 1 aromatic carbocycles. The van der Waals surface area contributed by atoms with E-state index in [9.17, 15) is 0 Å². The molecule has 0 unspecified atom stereocenters. The number of benzene rings is 1. The van der Waals surface area contributed by atoms with E-state index >= 15 is 0 Å². The lowest BCUT2D eigenvalue weighted by Crippen LogP contribution is -1.95. The number of aromatic nitrogens is 3. The predicted octanol–water partition coefficient (Wildman–Crippen LogP) is 3.17. The predicted molar refractivity (Wildman–Crippen MR) is 68.6 cm³/mol. The largest absolute Gasteiger partial charge is 0.220 e. The Morgan fingerprint density at radius 3 is 2.94 bits per heavy atom. The van der Waals surface area contributed by atoms with Crippen molar-refractivity contribution in [2.24, 2.45) is 0 Å². The van der Waals surface area contributed by atoms with E-state index in [1.54, 1.807) is 4.68 Å². The standard InChI is InChI=1S/C11H11BrClN3/c1-8-2-3-10(6-11(8)13)16-7-9(4-5-12)14-15-16/h2-3,6-7H,4-5H2,1H3. The van der Waals surface area contributed by atoms with Gasteiger partial charge in [-0.2, -0.15) is 0 Å². The Kier molecular flexibility index (Phi) is 3.61. The van der Waals surface area contributed by atoms with Gasteiger partial charge in [-0.25, -0.2) is 4.68 Å². The lowest BCUT2D eigenvalue weighted by atomic mass is 10.2. The SMILES string of the molecule is Cc1ccc(-n2cc(CCBr)nn2)cc1Cl. The molecular formula is C11H11BrClN3. The molecule has 0 aliphatic carbocycles. The zero-order valence-corrected chi connectivity index (χ0v) is 11.2. The molecule has 0 spiro atoms. The van der Waals surface area contributed by atoms with Gasteiger partial charge in [0.25, 0.3) is 0 Å². The molecule has 5 heteroatoms. The Hall–Kier alpha value is -0.870. The van der Waals surface area contributed by atoms with Gasteiger partial charge in [-0.3, -0.25) is 0 Å². The second-order valence-electron chi connectivity index (χ2n) is 3.53. The summed E-state index contributed by atoms with van der Waals surface area (Å²) >= 11 is 9.44. The van der Waals surface area contributed by atoms with Gasteiger partial charge in [0.15, 0.2) is 0 Å². The fraction of sp³-hybridized carbons (Fsp3) is 0.273. The summed E-state index contributed by atoms with van der Waals surface area (Å²) in [7, 11) is 0. The minimum atomic E-state index is 0.745. The summed E-state index contributed by atoms with van der Waals surface area (Å²) in [6, 6.07) is 5.85. The minimum Gasteiger partial charge on any atom is -0.220 e. The van der Waals surface area contributed by atoms with E-state index in [1.807, 2.05) is 31.3 Å². The van der Waals surface area contributed by atoms with Crippen LogP contribution in [-0.2, 0) is 6.42 Å². The van der Waals surface area contributed by atoms with Crippen molar-refractivity contribution >= 4 is 27.5 Å². The van der Waals surface area contributed by atoms with Crippen LogP contribution in [0, 0.1) is 6.92 Å². The van der Waals surface area contributed by atoms with Gasteiger partial charge in [-0.1, -0.05) is 38.8 Å². The number of alkyl halides is 1. The van der Waals surface area contributed by atoms with Crippen molar-refractivity contribution in [1.29, 1.82) is 0 Å².